The van der Waals surface area contributed by atoms with Crippen LogP contribution in [0.5, 0.6) is 0 Å². The molecule has 2 rings (SSSR count). The maximum Gasteiger partial charge on any atom is 0.214 e. The minimum Gasteiger partial charge on any atom is -0.384 e. The van der Waals surface area contributed by atoms with E-state index in [-0.39, 0.29) is 17.1 Å². The van der Waals surface area contributed by atoms with Crippen molar-refractivity contribution >= 4 is 29.1 Å². The van der Waals surface area contributed by atoms with Crippen LogP contribution in [0.4, 0.5) is 5.82 Å². The van der Waals surface area contributed by atoms with Crippen molar-refractivity contribution in [3.05, 3.63) is 28.2 Å². The molecule has 8 heteroatoms. The summed E-state index contributed by atoms with van der Waals surface area (Å²) in [7, 11) is 1.63. The van der Waals surface area contributed by atoms with Crippen molar-refractivity contribution in [2.75, 3.05) is 19.5 Å². The molecule has 0 radical (unpaired) electrons. The van der Waals surface area contributed by atoms with Gasteiger partial charge in [0.25, 0.3) is 0 Å². The van der Waals surface area contributed by atoms with Crippen LogP contribution in [-0.2, 0) is 20.9 Å². The van der Waals surface area contributed by atoms with Crippen LogP contribution in [0.15, 0.2) is 16.8 Å². The summed E-state index contributed by atoms with van der Waals surface area (Å²) < 4.78 is 5.23. The normalized spacial score (nSPS) is 16.8. The lowest BCUT2D eigenvalue weighted by Gasteiger charge is -2.32. The van der Waals surface area contributed by atoms with Gasteiger partial charge in [0, 0.05) is 41.3 Å². The van der Waals surface area contributed by atoms with Crippen LogP contribution in [0.1, 0.15) is 63.8 Å². The first kappa shape index (κ1) is 23.3. The first-order valence-electron chi connectivity index (χ1n) is 10.0. The van der Waals surface area contributed by atoms with Crippen molar-refractivity contribution < 1.29 is 14.3 Å². The number of hydrogen-bond donors (Lipinski definition) is 1. The van der Waals surface area contributed by atoms with Crippen molar-refractivity contribution in [2.24, 2.45) is 5.41 Å². The molecule has 0 saturated heterocycles. The molecule has 1 fully saturated rings. The van der Waals surface area contributed by atoms with Crippen molar-refractivity contribution in [3.8, 4) is 0 Å². The van der Waals surface area contributed by atoms with E-state index in [9.17, 15) is 9.59 Å². The van der Waals surface area contributed by atoms with E-state index in [1.165, 1.54) is 18.2 Å². The van der Waals surface area contributed by atoms with Crippen LogP contribution in [0.25, 0.3) is 0 Å². The smallest absolute Gasteiger partial charge is 0.214 e. The summed E-state index contributed by atoms with van der Waals surface area (Å²) >= 11 is 1.26. The molecule has 1 saturated carbocycles. The van der Waals surface area contributed by atoms with Crippen LogP contribution < -0.4 is 5.73 Å². The second-order valence-corrected chi connectivity index (χ2v) is 8.89. The number of aryl methyl sites for hydroxylation is 1. The summed E-state index contributed by atoms with van der Waals surface area (Å²) in [6.07, 6.45) is 8.18. The van der Waals surface area contributed by atoms with E-state index in [2.05, 4.69) is 16.9 Å². The average molecular weight is 421 g/mol. The molecule has 0 bridgehead atoms. The van der Waals surface area contributed by atoms with Crippen LogP contribution in [0.2, 0.25) is 0 Å². The van der Waals surface area contributed by atoms with Crippen molar-refractivity contribution in [3.63, 3.8) is 0 Å². The van der Waals surface area contributed by atoms with Gasteiger partial charge in [0.15, 0.2) is 5.12 Å². The zero-order valence-electron chi connectivity index (χ0n) is 17.9. The fourth-order valence-electron chi connectivity index (χ4n) is 3.48. The molecule has 1 aromatic rings. The second-order valence-electron chi connectivity index (χ2n) is 7.82. The SMILES string of the molecule is COCC/C(SC(=O)C1(C)CCCCC1)=C(\C)N(C=O)Cc1cnc(C)nc1N. The fraction of sp³-hybridized carbons (Fsp3) is 0.619. The number of hydrogen-bond acceptors (Lipinski definition) is 7. The molecule has 0 unspecified atom stereocenters. The Balaban J connectivity index is 2.25. The first-order valence-corrected chi connectivity index (χ1v) is 10.8. The predicted octanol–water partition coefficient (Wildman–Crippen LogP) is 3.82. The number of carbonyl (C=O) groups is 2. The highest BCUT2D eigenvalue weighted by molar-refractivity contribution is 8.17. The molecule has 0 aromatic carbocycles. The van der Waals surface area contributed by atoms with Gasteiger partial charge in [-0.1, -0.05) is 37.9 Å². The highest BCUT2D eigenvalue weighted by atomic mass is 32.2. The van der Waals surface area contributed by atoms with Gasteiger partial charge in [-0.3, -0.25) is 9.59 Å². The number of rotatable bonds is 9. The van der Waals surface area contributed by atoms with Crippen LogP contribution in [-0.4, -0.2) is 40.1 Å². The van der Waals surface area contributed by atoms with E-state index in [4.69, 9.17) is 10.5 Å². The largest absolute Gasteiger partial charge is 0.384 e. The van der Waals surface area contributed by atoms with E-state index in [0.29, 0.717) is 30.2 Å². The number of allylic oxidation sites excluding steroid dienone is 1. The number of aromatic nitrogens is 2. The molecule has 29 heavy (non-hydrogen) atoms. The molecule has 1 aromatic heterocycles. The van der Waals surface area contributed by atoms with Gasteiger partial charge in [-0.15, -0.1) is 0 Å². The van der Waals surface area contributed by atoms with E-state index in [1.54, 1.807) is 25.1 Å². The van der Waals surface area contributed by atoms with E-state index >= 15 is 0 Å². The third-order valence-electron chi connectivity index (χ3n) is 5.52. The van der Waals surface area contributed by atoms with Gasteiger partial charge in [0.05, 0.1) is 13.2 Å². The summed E-state index contributed by atoms with van der Waals surface area (Å²) in [5.41, 5.74) is 7.09. The Bertz CT molecular complexity index is 760. The zero-order valence-corrected chi connectivity index (χ0v) is 18.7. The van der Waals surface area contributed by atoms with Crippen molar-refractivity contribution in [1.29, 1.82) is 0 Å². The molecular formula is C21H32N4O3S. The van der Waals surface area contributed by atoms with Gasteiger partial charge < -0.3 is 15.4 Å². The molecule has 1 heterocycles. The number of ether oxygens (including phenoxy) is 1. The summed E-state index contributed by atoms with van der Waals surface area (Å²) in [6, 6.07) is 0. The first-order chi connectivity index (χ1) is 13.8. The average Bonchev–Trinajstić information content (AvgIpc) is 2.70. The number of nitrogen functional groups attached to an aromatic ring is 1. The molecule has 1 aliphatic rings. The maximum atomic E-state index is 13.1. The van der Waals surface area contributed by atoms with Crippen molar-refractivity contribution in [1.82, 2.24) is 14.9 Å². The summed E-state index contributed by atoms with van der Waals surface area (Å²) in [5.74, 6) is 0.938. The minimum absolute atomic E-state index is 0.173. The minimum atomic E-state index is -0.303. The molecule has 0 aliphatic heterocycles. The summed E-state index contributed by atoms with van der Waals surface area (Å²) in [5, 5.41) is 0.173. The van der Waals surface area contributed by atoms with Crippen LogP contribution >= 0.6 is 11.8 Å². The van der Waals surface area contributed by atoms with Gasteiger partial charge in [0.1, 0.15) is 11.6 Å². The number of amides is 1. The van der Waals surface area contributed by atoms with Gasteiger partial charge in [-0.25, -0.2) is 9.97 Å². The number of nitrogens with zero attached hydrogens (tertiary/aromatic N) is 3. The van der Waals surface area contributed by atoms with E-state index in [0.717, 1.165) is 42.7 Å². The Morgan fingerprint density at radius 1 is 1.38 bits per heavy atom. The second kappa shape index (κ2) is 10.7. The number of methoxy groups -OCH3 is 1. The standard InChI is InChI=1S/C21H32N4O3S/c1-15(25(14-26)13-17-12-23-16(2)24-19(17)22)18(8-11-28-4)29-20(27)21(3)9-6-5-7-10-21/h12,14H,5-11,13H2,1-4H3,(H2,22,23,24)/b18-15-. The molecule has 1 aliphatic carbocycles. The Hall–Kier alpha value is -1.93. The summed E-state index contributed by atoms with van der Waals surface area (Å²) in [4.78, 5) is 35.7. The monoisotopic (exact) mass is 420 g/mol. The number of carbonyl (C=O) groups excluding carboxylic acids is 2. The maximum absolute atomic E-state index is 13.1. The number of nitrogens with two attached hydrogens (primary N) is 1. The molecule has 7 nitrogen and oxygen atoms in total. The highest BCUT2D eigenvalue weighted by Crippen LogP contribution is 2.42. The predicted molar refractivity (Wildman–Crippen MR) is 116 cm³/mol. The molecule has 1 amide bonds. The van der Waals surface area contributed by atoms with Gasteiger partial charge >= 0.3 is 0 Å². The molecule has 160 valence electrons. The Morgan fingerprint density at radius 2 is 2.07 bits per heavy atom. The van der Waals surface area contributed by atoms with Crippen molar-refractivity contribution in [2.45, 2.75) is 65.8 Å². The molecule has 0 spiro atoms. The molecular weight excluding hydrogens is 388 g/mol. The quantitative estimate of drug-likeness (QED) is 0.606. The lowest BCUT2D eigenvalue weighted by molar-refractivity contribution is -0.120. The van der Waals surface area contributed by atoms with E-state index < -0.39 is 0 Å². The number of thioether (sulfide) groups is 1. The molecule has 0 atom stereocenters. The molecule has 2 N–H and O–H groups in total. The fourth-order valence-corrected chi connectivity index (χ4v) is 4.61. The zero-order chi connectivity index (χ0) is 21.4. The Morgan fingerprint density at radius 3 is 2.66 bits per heavy atom. The Labute approximate surface area is 177 Å². The lowest BCUT2D eigenvalue weighted by Crippen LogP contribution is -2.29. The van der Waals surface area contributed by atoms with Crippen LogP contribution in [0.3, 0.4) is 0 Å². The van der Waals surface area contributed by atoms with Gasteiger partial charge in [-0.2, -0.15) is 0 Å². The summed E-state index contributed by atoms with van der Waals surface area (Å²) in [6.45, 7) is 6.41. The lowest BCUT2D eigenvalue weighted by atomic mass is 9.77. The van der Waals surface area contributed by atoms with Crippen LogP contribution in [0, 0.1) is 12.3 Å². The third-order valence-corrected chi connectivity index (χ3v) is 6.94. The van der Waals surface area contributed by atoms with Gasteiger partial charge in [0.2, 0.25) is 6.41 Å². The third kappa shape index (κ3) is 6.27. The van der Waals surface area contributed by atoms with E-state index in [1.807, 2.05) is 6.92 Å². The Kier molecular flexibility index (Phi) is 8.64. The van der Waals surface area contributed by atoms with Gasteiger partial charge in [-0.05, 0) is 26.7 Å². The topological polar surface area (TPSA) is 98.4 Å². The highest BCUT2D eigenvalue weighted by Gasteiger charge is 2.35. The number of anilines is 1.